The molecule has 0 bridgehead atoms. The largest absolute Gasteiger partial charge is 0.357 e. The molecule has 1 aromatic carbocycles. The summed E-state index contributed by atoms with van der Waals surface area (Å²) < 4.78 is 1.72. The first-order valence-electron chi connectivity index (χ1n) is 6.36. The molecule has 0 amide bonds. The number of anilines is 1. The van der Waals surface area contributed by atoms with Gasteiger partial charge in [-0.05, 0) is 18.6 Å². The smallest absolute Gasteiger partial charge is 0.240 e. The molecule has 7 heteroatoms. The van der Waals surface area contributed by atoms with Crippen LogP contribution in [-0.2, 0) is 0 Å². The molecule has 0 aliphatic rings. The van der Waals surface area contributed by atoms with Gasteiger partial charge in [0.15, 0.2) is 5.82 Å². The van der Waals surface area contributed by atoms with Crippen molar-refractivity contribution in [3.63, 3.8) is 0 Å². The lowest BCUT2D eigenvalue weighted by Crippen LogP contribution is -2.06. The highest BCUT2D eigenvalue weighted by Crippen LogP contribution is 2.23. The van der Waals surface area contributed by atoms with Crippen LogP contribution in [0.1, 0.15) is 5.56 Å². The van der Waals surface area contributed by atoms with Crippen molar-refractivity contribution in [2.75, 3.05) is 12.4 Å². The predicted molar refractivity (Wildman–Crippen MR) is 81.7 cm³/mol. The van der Waals surface area contributed by atoms with Crippen molar-refractivity contribution in [3.05, 3.63) is 47.5 Å². The standard InChI is InChI=1S/C14H13ClN6/c1-9-3-4-10(7-11(9)15)12-18-13(16-2)20-14(19-12)21-6-5-17-8-21/h3-8H,1-2H3,(H,16,18,19,20). The van der Waals surface area contributed by atoms with Crippen LogP contribution in [0.15, 0.2) is 36.9 Å². The van der Waals surface area contributed by atoms with Gasteiger partial charge in [0.2, 0.25) is 11.9 Å². The Labute approximate surface area is 126 Å². The van der Waals surface area contributed by atoms with Gasteiger partial charge in [0.25, 0.3) is 0 Å². The molecule has 0 fully saturated rings. The molecular weight excluding hydrogens is 288 g/mol. The first-order chi connectivity index (χ1) is 10.2. The van der Waals surface area contributed by atoms with Gasteiger partial charge < -0.3 is 5.32 Å². The Morgan fingerprint density at radius 2 is 2.05 bits per heavy atom. The summed E-state index contributed by atoms with van der Waals surface area (Å²) in [4.78, 5) is 17.2. The first-order valence-corrected chi connectivity index (χ1v) is 6.74. The monoisotopic (exact) mass is 300 g/mol. The molecule has 0 unspecified atom stereocenters. The molecule has 106 valence electrons. The maximum Gasteiger partial charge on any atom is 0.240 e. The molecule has 0 spiro atoms. The maximum atomic E-state index is 6.17. The minimum Gasteiger partial charge on any atom is -0.357 e. The third-order valence-electron chi connectivity index (χ3n) is 3.01. The molecule has 2 aromatic heterocycles. The molecule has 0 saturated carbocycles. The Morgan fingerprint density at radius 3 is 2.71 bits per heavy atom. The third kappa shape index (κ3) is 2.71. The van der Waals surface area contributed by atoms with Crippen molar-refractivity contribution in [2.45, 2.75) is 6.92 Å². The first kappa shape index (κ1) is 13.5. The lowest BCUT2D eigenvalue weighted by molar-refractivity contribution is 0.902. The number of aromatic nitrogens is 5. The zero-order valence-electron chi connectivity index (χ0n) is 11.6. The fraction of sp³-hybridized carbons (Fsp3) is 0.143. The Morgan fingerprint density at radius 1 is 1.19 bits per heavy atom. The molecule has 21 heavy (non-hydrogen) atoms. The van der Waals surface area contributed by atoms with Crippen molar-refractivity contribution in [1.82, 2.24) is 24.5 Å². The van der Waals surface area contributed by atoms with Crippen molar-refractivity contribution in [3.8, 4) is 17.3 Å². The second kappa shape index (κ2) is 5.49. The molecule has 3 rings (SSSR count). The number of nitrogens with one attached hydrogen (secondary N) is 1. The lowest BCUT2D eigenvalue weighted by atomic mass is 10.1. The topological polar surface area (TPSA) is 68.5 Å². The summed E-state index contributed by atoms with van der Waals surface area (Å²) in [6, 6.07) is 5.73. The van der Waals surface area contributed by atoms with Crippen LogP contribution in [0.4, 0.5) is 5.95 Å². The number of halogens is 1. The van der Waals surface area contributed by atoms with Gasteiger partial charge in [-0.15, -0.1) is 0 Å². The quantitative estimate of drug-likeness (QED) is 0.805. The molecule has 0 aliphatic heterocycles. The number of nitrogens with zero attached hydrogens (tertiary/aromatic N) is 5. The van der Waals surface area contributed by atoms with Crippen LogP contribution in [0.2, 0.25) is 5.02 Å². The molecule has 0 radical (unpaired) electrons. The summed E-state index contributed by atoms with van der Waals surface area (Å²) in [7, 11) is 1.76. The normalized spacial score (nSPS) is 10.6. The van der Waals surface area contributed by atoms with Gasteiger partial charge in [-0.3, -0.25) is 4.57 Å². The summed E-state index contributed by atoms with van der Waals surface area (Å²) in [5, 5.41) is 3.62. The summed E-state index contributed by atoms with van der Waals surface area (Å²) in [5.74, 6) is 1.54. The van der Waals surface area contributed by atoms with E-state index in [2.05, 4.69) is 25.3 Å². The van der Waals surface area contributed by atoms with Gasteiger partial charge in [-0.2, -0.15) is 15.0 Å². The highest BCUT2D eigenvalue weighted by molar-refractivity contribution is 6.31. The second-order valence-corrected chi connectivity index (χ2v) is 4.87. The molecule has 6 nitrogen and oxygen atoms in total. The average Bonchev–Trinajstić information content (AvgIpc) is 3.04. The summed E-state index contributed by atoms with van der Waals surface area (Å²) in [5.41, 5.74) is 1.85. The van der Waals surface area contributed by atoms with E-state index < -0.39 is 0 Å². The van der Waals surface area contributed by atoms with Crippen molar-refractivity contribution >= 4 is 17.5 Å². The van der Waals surface area contributed by atoms with E-state index in [-0.39, 0.29) is 0 Å². The number of aryl methyl sites for hydroxylation is 1. The Balaban J connectivity index is 2.13. The van der Waals surface area contributed by atoms with Crippen LogP contribution in [0, 0.1) is 6.92 Å². The van der Waals surface area contributed by atoms with Crippen LogP contribution >= 0.6 is 11.6 Å². The molecule has 2 heterocycles. The molecule has 0 aliphatic carbocycles. The van der Waals surface area contributed by atoms with Gasteiger partial charge in [-0.25, -0.2) is 4.98 Å². The highest BCUT2D eigenvalue weighted by atomic mass is 35.5. The number of rotatable bonds is 3. The van der Waals surface area contributed by atoms with E-state index in [4.69, 9.17) is 11.6 Å². The Kier molecular flexibility index (Phi) is 3.53. The maximum absolute atomic E-state index is 6.17. The Bertz CT molecular complexity index is 769. The van der Waals surface area contributed by atoms with E-state index in [0.717, 1.165) is 11.1 Å². The fourth-order valence-corrected chi connectivity index (χ4v) is 2.01. The molecule has 1 N–H and O–H groups in total. The van der Waals surface area contributed by atoms with E-state index in [1.165, 1.54) is 0 Å². The van der Waals surface area contributed by atoms with Gasteiger partial charge in [0, 0.05) is 30.0 Å². The molecular formula is C14H13ClN6. The molecule has 3 aromatic rings. The fourth-order valence-electron chi connectivity index (χ4n) is 1.83. The lowest BCUT2D eigenvalue weighted by Gasteiger charge is -2.08. The van der Waals surface area contributed by atoms with E-state index in [0.29, 0.717) is 22.7 Å². The van der Waals surface area contributed by atoms with Crippen LogP contribution in [-0.4, -0.2) is 31.6 Å². The van der Waals surface area contributed by atoms with E-state index in [1.807, 2.05) is 25.1 Å². The number of hydrogen-bond acceptors (Lipinski definition) is 5. The molecule has 0 saturated heterocycles. The number of benzene rings is 1. The highest BCUT2D eigenvalue weighted by Gasteiger charge is 2.10. The zero-order valence-corrected chi connectivity index (χ0v) is 12.3. The zero-order chi connectivity index (χ0) is 14.8. The summed E-state index contributed by atoms with van der Waals surface area (Å²) in [6.07, 6.45) is 5.09. The number of hydrogen-bond donors (Lipinski definition) is 1. The summed E-state index contributed by atoms with van der Waals surface area (Å²) >= 11 is 6.17. The van der Waals surface area contributed by atoms with Gasteiger partial charge in [-0.1, -0.05) is 23.7 Å². The van der Waals surface area contributed by atoms with Gasteiger partial charge >= 0.3 is 0 Å². The number of imidazole rings is 1. The minimum atomic E-state index is 0.486. The van der Waals surface area contributed by atoms with Gasteiger partial charge in [0.05, 0.1) is 0 Å². The van der Waals surface area contributed by atoms with Crippen molar-refractivity contribution in [1.29, 1.82) is 0 Å². The van der Waals surface area contributed by atoms with Crippen molar-refractivity contribution < 1.29 is 0 Å². The van der Waals surface area contributed by atoms with Crippen LogP contribution in [0.5, 0.6) is 0 Å². The second-order valence-electron chi connectivity index (χ2n) is 4.47. The van der Waals surface area contributed by atoms with E-state index in [9.17, 15) is 0 Å². The van der Waals surface area contributed by atoms with Crippen LogP contribution in [0.3, 0.4) is 0 Å². The van der Waals surface area contributed by atoms with Crippen LogP contribution < -0.4 is 5.32 Å². The van der Waals surface area contributed by atoms with Gasteiger partial charge in [0.1, 0.15) is 6.33 Å². The summed E-state index contributed by atoms with van der Waals surface area (Å²) in [6.45, 7) is 1.95. The molecule has 0 atom stereocenters. The van der Waals surface area contributed by atoms with E-state index >= 15 is 0 Å². The average molecular weight is 301 g/mol. The minimum absolute atomic E-state index is 0.486. The van der Waals surface area contributed by atoms with Crippen LogP contribution in [0.25, 0.3) is 17.3 Å². The Hall–Kier alpha value is -2.47. The SMILES string of the molecule is CNc1nc(-c2ccc(C)c(Cl)c2)nc(-n2ccnc2)n1. The van der Waals surface area contributed by atoms with Crippen molar-refractivity contribution in [2.24, 2.45) is 0 Å². The predicted octanol–water partition coefficient (Wildman–Crippen LogP) is 2.73. The van der Waals surface area contributed by atoms with E-state index in [1.54, 1.807) is 30.3 Å². The third-order valence-corrected chi connectivity index (χ3v) is 3.42.